The van der Waals surface area contributed by atoms with Crippen molar-refractivity contribution in [2.75, 3.05) is 17.4 Å². The summed E-state index contributed by atoms with van der Waals surface area (Å²) in [6, 6.07) is 8.45. The Morgan fingerprint density at radius 3 is 2.86 bits per heavy atom. The molecule has 1 aliphatic heterocycles. The molecule has 2 heterocycles. The zero-order chi connectivity index (χ0) is 14.9. The lowest BCUT2D eigenvalue weighted by molar-refractivity contribution is 0.174. The van der Waals surface area contributed by atoms with E-state index in [0.717, 1.165) is 28.6 Å². The lowest BCUT2D eigenvalue weighted by Gasteiger charge is -2.10. The van der Waals surface area contributed by atoms with Gasteiger partial charge in [0.15, 0.2) is 11.5 Å². The zero-order valence-electron chi connectivity index (χ0n) is 12.4. The van der Waals surface area contributed by atoms with E-state index in [2.05, 4.69) is 20.6 Å². The highest BCUT2D eigenvalue weighted by Gasteiger charge is 2.22. The first-order valence-corrected chi connectivity index (χ1v) is 7.51. The highest BCUT2D eigenvalue weighted by atomic mass is 16.7. The third-order valence-corrected chi connectivity index (χ3v) is 3.68. The smallest absolute Gasteiger partial charge is 0.231 e. The molecule has 6 nitrogen and oxygen atoms in total. The molecule has 114 valence electrons. The molecule has 2 aliphatic rings. The van der Waals surface area contributed by atoms with Crippen molar-refractivity contribution in [3.63, 3.8) is 0 Å². The molecule has 1 aliphatic carbocycles. The first kappa shape index (κ1) is 13.2. The van der Waals surface area contributed by atoms with Crippen molar-refractivity contribution in [1.82, 2.24) is 9.97 Å². The minimum atomic E-state index is 0.299. The summed E-state index contributed by atoms with van der Waals surface area (Å²) in [6.07, 6.45) is 2.41. The number of rotatable bonds is 5. The van der Waals surface area contributed by atoms with E-state index < -0.39 is 0 Å². The molecule has 1 aromatic heterocycles. The molecule has 6 heteroatoms. The Kier molecular flexibility index (Phi) is 3.21. The number of benzene rings is 1. The number of hydrogen-bond donors (Lipinski definition) is 2. The van der Waals surface area contributed by atoms with Gasteiger partial charge in [-0.05, 0) is 37.5 Å². The van der Waals surface area contributed by atoms with Crippen LogP contribution in [0.25, 0.3) is 0 Å². The summed E-state index contributed by atoms with van der Waals surface area (Å²) in [6.45, 7) is 2.95. The van der Waals surface area contributed by atoms with Crippen LogP contribution in [0.4, 0.5) is 11.8 Å². The molecule has 22 heavy (non-hydrogen) atoms. The van der Waals surface area contributed by atoms with E-state index in [1.165, 1.54) is 12.8 Å². The molecule has 4 rings (SSSR count). The molecular weight excluding hydrogens is 280 g/mol. The lowest BCUT2D eigenvalue weighted by Crippen LogP contribution is -2.09. The van der Waals surface area contributed by atoms with Crippen LogP contribution in [0.2, 0.25) is 0 Å². The van der Waals surface area contributed by atoms with Crippen molar-refractivity contribution in [2.24, 2.45) is 0 Å². The minimum absolute atomic E-state index is 0.299. The average molecular weight is 298 g/mol. The van der Waals surface area contributed by atoms with E-state index in [0.29, 0.717) is 25.3 Å². The van der Waals surface area contributed by atoms with Crippen LogP contribution < -0.4 is 20.1 Å². The van der Waals surface area contributed by atoms with Gasteiger partial charge in [0.1, 0.15) is 5.82 Å². The zero-order valence-corrected chi connectivity index (χ0v) is 12.4. The number of hydrogen-bond acceptors (Lipinski definition) is 6. The van der Waals surface area contributed by atoms with Crippen LogP contribution in [0.15, 0.2) is 24.3 Å². The van der Waals surface area contributed by atoms with Gasteiger partial charge in [0.2, 0.25) is 12.7 Å². The van der Waals surface area contributed by atoms with Crippen LogP contribution in [0.3, 0.4) is 0 Å². The van der Waals surface area contributed by atoms with Gasteiger partial charge in [-0.15, -0.1) is 0 Å². The van der Waals surface area contributed by atoms with Crippen LogP contribution >= 0.6 is 0 Å². The van der Waals surface area contributed by atoms with Gasteiger partial charge < -0.3 is 20.1 Å². The van der Waals surface area contributed by atoms with Crippen molar-refractivity contribution in [3.05, 3.63) is 35.5 Å². The molecule has 0 atom stereocenters. The fourth-order valence-electron chi connectivity index (χ4n) is 2.38. The molecule has 0 radical (unpaired) electrons. The van der Waals surface area contributed by atoms with Gasteiger partial charge in [-0.25, -0.2) is 4.98 Å². The highest BCUT2D eigenvalue weighted by molar-refractivity contribution is 5.47. The Bertz CT molecular complexity index is 701. The topological polar surface area (TPSA) is 68.3 Å². The number of aromatic nitrogens is 2. The van der Waals surface area contributed by atoms with Crippen molar-refractivity contribution < 1.29 is 9.47 Å². The van der Waals surface area contributed by atoms with Crippen molar-refractivity contribution in [1.29, 1.82) is 0 Å². The van der Waals surface area contributed by atoms with E-state index in [1.807, 2.05) is 31.2 Å². The van der Waals surface area contributed by atoms with Gasteiger partial charge in [0.25, 0.3) is 0 Å². The number of ether oxygens (including phenoxy) is 2. The summed E-state index contributed by atoms with van der Waals surface area (Å²) in [5.41, 5.74) is 2.07. The molecule has 1 aromatic carbocycles. The molecule has 2 N–H and O–H groups in total. The molecule has 0 spiro atoms. The maximum Gasteiger partial charge on any atom is 0.231 e. The summed E-state index contributed by atoms with van der Waals surface area (Å²) in [4.78, 5) is 8.93. The van der Waals surface area contributed by atoms with E-state index in [1.54, 1.807) is 0 Å². The Hall–Kier alpha value is -2.50. The van der Waals surface area contributed by atoms with E-state index >= 15 is 0 Å². The van der Waals surface area contributed by atoms with Gasteiger partial charge in [0, 0.05) is 24.3 Å². The van der Waals surface area contributed by atoms with Gasteiger partial charge in [-0.1, -0.05) is 6.07 Å². The number of aryl methyl sites for hydroxylation is 1. The predicted molar refractivity (Wildman–Crippen MR) is 83.3 cm³/mol. The third kappa shape index (κ3) is 2.90. The monoisotopic (exact) mass is 298 g/mol. The number of fused-ring (bicyclic) bond motifs is 1. The second-order valence-corrected chi connectivity index (χ2v) is 5.68. The van der Waals surface area contributed by atoms with Crippen LogP contribution in [0.5, 0.6) is 11.5 Å². The Morgan fingerprint density at radius 1 is 1.14 bits per heavy atom. The molecule has 0 amide bonds. The molecular formula is C16H18N4O2. The van der Waals surface area contributed by atoms with Crippen LogP contribution in [-0.2, 0) is 6.54 Å². The van der Waals surface area contributed by atoms with Crippen LogP contribution in [0, 0.1) is 6.92 Å². The fourth-order valence-corrected chi connectivity index (χ4v) is 2.38. The third-order valence-electron chi connectivity index (χ3n) is 3.68. The Balaban J connectivity index is 1.45. The van der Waals surface area contributed by atoms with E-state index in [-0.39, 0.29) is 0 Å². The molecule has 2 aromatic rings. The predicted octanol–water partition coefficient (Wildman–Crippen LogP) is 2.70. The molecule has 0 saturated heterocycles. The van der Waals surface area contributed by atoms with Crippen molar-refractivity contribution >= 4 is 11.8 Å². The van der Waals surface area contributed by atoms with E-state index in [9.17, 15) is 0 Å². The van der Waals surface area contributed by atoms with Crippen LogP contribution in [-0.4, -0.2) is 22.8 Å². The second-order valence-electron chi connectivity index (χ2n) is 5.68. The Morgan fingerprint density at radius 2 is 2.00 bits per heavy atom. The van der Waals surface area contributed by atoms with Gasteiger partial charge in [-0.2, -0.15) is 4.98 Å². The standard InChI is InChI=1S/C16H18N4O2/c1-10-6-15(20-16(18-10)19-12-3-4-12)17-8-11-2-5-13-14(7-11)22-9-21-13/h2,5-7,12H,3-4,8-9H2,1H3,(H2,17,18,19,20). The highest BCUT2D eigenvalue weighted by Crippen LogP contribution is 2.32. The summed E-state index contributed by atoms with van der Waals surface area (Å²) in [5.74, 6) is 3.14. The Labute approximate surface area is 128 Å². The first-order chi connectivity index (χ1) is 10.8. The summed E-state index contributed by atoms with van der Waals surface area (Å²) >= 11 is 0. The second kappa shape index (κ2) is 5.36. The number of anilines is 2. The van der Waals surface area contributed by atoms with E-state index in [4.69, 9.17) is 9.47 Å². The molecule has 1 saturated carbocycles. The molecule has 1 fully saturated rings. The van der Waals surface area contributed by atoms with Crippen LogP contribution in [0.1, 0.15) is 24.1 Å². The lowest BCUT2D eigenvalue weighted by atomic mass is 10.2. The largest absolute Gasteiger partial charge is 0.454 e. The molecule has 0 bridgehead atoms. The van der Waals surface area contributed by atoms with Crippen molar-refractivity contribution in [2.45, 2.75) is 32.4 Å². The summed E-state index contributed by atoms with van der Waals surface area (Å²) < 4.78 is 10.7. The summed E-state index contributed by atoms with van der Waals surface area (Å²) in [5, 5.41) is 6.67. The quantitative estimate of drug-likeness (QED) is 0.884. The normalized spacial score (nSPS) is 15.7. The summed E-state index contributed by atoms with van der Waals surface area (Å²) in [7, 11) is 0. The average Bonchev–Trinajstić information content (AvgIpc) is 3.18. The fraction of sp³-hybridized carbons (Fsp3) is 0.375. The molecule has 0 unspecified atom stereocenters. The maximum atomic E-state index is 5.39. The maximum absolute atomic E-state index is 5.39. The number of nitrogens with one attached hydrogen (secondary N) is 2. The van der Waals surface area contributed by atoms with Gasteiger partial charge >= 0.3 is 0 Å². The minimum Gasteiger partial charge on any atom is -0.454 e. The van der Waals surface area contributed by atoms with Gasteiger partial charge in [-0.3, -0.25) is 0 Å². The van der Waals surface area contributed by atoms with Gasteiger partial charge in [0.05, 0.1) is 0 Å². The number of nitrogens with zero attached hydrogens (tertiary/aromatic N) is 2. The first-order valence-electron chi connectivity index (χ1n) is 7.51. The SMILES string of the molecule is Cc1cc(NCc2ccc3c(c2)OCO3)nc(NC2CC2)n1. The van der Waals surface area contributed by atoms with Crippen molar-refractivity contribution in [3.8, 4) is 11.5 Å².